The molecule has 0 saturated carbocycles. The Balaban J connectivity index is 2.59. The summed E-state index contributed by atoms with van der Waals surface area (Å²) in [4.78, 5) is 4.44. The van der Waals surface area contributed by atoms with Crippen LogP contribution in [-0.4, -0.2) is 4.98 Å². The number of fused-ring (bicyclic) bond motifs is 1. The fourth-order valence-electron chi connectivity index (χ4n) is 1.59. The molecule has 0 bridgehead atoms. The molecule has 0 aliphatic carbocycles. The van der Waals surface area contributed by atoms with E-state index in [2.05, 4.69) is 31.8 Å². The third kappa shape index (κ3) is 1.41. The Hall–Kier alpha value is -1.31. The minimum absolute atomic E-state index is 0.858. The average molecular weight is 189 g/mol. The summed E-state index contributed by atoms with van der Waals surface area (Å²) in [6, 6.07) is 4.12. The molecule has 1 aromatic heterocycles. The van der Waals surface area contributed by atoms with Gasteiger partial charge in [-0.05, 0) is 37.5 Å². The van der Waals surface area contributed by atoms with E-state index in [0.717, 1.165) is 29.8 Å². The lowest BCUT2D eigenvalue weighted by Crippen LogP contribution is -1.80. The average Bonchev–Trinajstić information content (AvgIpc) is 2.56. The van der Waals surface area contributed by atoms with Crippen molar-refractivity contribution in [2.75, 3.05) is 0 Å². The highest BCUT2D eigenvalue weighted by Gasteiger charge is 2.08. The lowest BCUT2D eigenvalue weighted by molar-refractivity contribution is 0.523. The predicted octanol–water partition coefficient (Wildman–Crippen LogP) is 3.40. The third-order valence-corrected chi connectivity index (χ3v) is 2.58. The second kappa shape index (κ2) is 3.45. The first-order valence-electron chi connectivity index (χ1n) is 5.08. The van der Waals surface area contributed by atoms with Crippen LogP contribution < -0.4 is 0 Å². The van der Waals surface area contributed by atoms with Crippen molar-refractivity contribution in [2.45, 2.75) is 33.6 Å². The molecule has 0 N–H and O–H groups in total. The van der Waals surface area contributed by atoms with Crippen molar-refractivity contribution >= 4 is 11.1 Å². The summed E-state index contributed by atoms with van der Waals surface area (Å²) in [6.45, 7) is 6.31. The van der Waals surface area contributed by atoms with E-state index in [4.69, 9.17) is 4.42 Å². The van der Waals surface area contributed by atoms with Crippen LogP contribution in [-0.2, 0) is 6.42 Å². The molecular formula is C12H15NO. The van der Waals surface area contributed by atoms with Gasteiger partial charge in [0.15, 0.2) is 11.5 Å². The molecule has 1 heterocycles. The number of aromatic nitrogens is 1. The lowest BCUT2D eigenvalue weighted by atomic mass is 10.1. The van der Waals surface area contributed by atoms with E-state index in [9.17, 15) is 0 Å². The van der Waals surface area contributed by atoms with Crippen molar-refractivity contribution in [2.24, 2.45) is 0 Å². The highest BCUT2D eigenvalue weighted by Crippen LogP contribution is 2.22. The monoisotopic (exact) mass is 189 g/mol. The molecule has 2 heteroatoms. The minimum atomic E-state index is 0.858. The maximum atomic E-state index is 5.71. The number of nitrogens with zero attached hydrogens (tertiary/aromatic N) is 1. The summed E-state index contributed by atoms with van der Waals surface area (Å²) in [6.07, 6.45) is 2.00. The molecule has 74 valence electrons. The lowest BCUT2D eigenvalue weighted by Gasteiger charge is -1.97. The normalized spacial score (nSPS) is 11.1. The van der Waals surface area contributed by atoms with Gasteiger partial charge in [0.1, 0.15) is 5.52 Å². The van der Waals surface area contributed by atoms with Gasteiger partial charge in [-0.3, -0.25) is 0 Å². The van der Waals surface area contributed by atoms with Crippen molar-refractivity contribution < 1.29 is 4.42 Å². The van der Waals surface area contributed by atoms with Crippen LogP contribution in [0.15, 0.2) is 16.5 Å². The summed E-state index contributed by atoms with van der Waals surface area (Å²) >= 11 is 0. The molecule has 1 aromatic carbocycles. The van der Waals surface area contributed by atoms with Gasteiger partial charge in [0, 0.05) is 6.42 Å². The van der Waals surface area contributed by atoms with Crippen molar-refractivity contribution in [1.82, 2.24) is 4.98 Å². The maximum absolute atomic E-state index is 5.71. The fraction of sp³-hybridized carbons (Fsp3) is 0.417. The van der Waals surface area contributed by atoms with Gasteiger partial charge in [-0.1, -0.05) is 13.0 Å². The van der Waals surface area contributed by atoms with Crippen LogP contribution in [0, 0.1) is 13.8 Å². The molecule has 0 aliphatic rings. The van der Waals surface area contributed by atoms with Crippen LogP contribution in [0.25, 0.3) is 11.1 Å². The zero-order chi connectivity index (χ0) is 10.1. The Morgan fingerprint density at radius 1 is 1.29 bits per heavy atom. The molecule has 0 radical (unpaired) electrons. The first kappa shape index (κ1) is 9.25. The summed E-state index contributed by atoms with van der Waals surface area (Å²) in [7, 11) is 0. The van der Waals surface area contributed by atoms with E-state index in [-0.39, 0.29) is 0 Å². The van der Waals surface area contributed by atoms with Crippen LogP contribution in [0.3, 0.4) is 0 Å². The SMILES string of the molecule is CCCc1nc2ccc(C)c(C)c2o1. The van der Waals surface area contributed by atoms with Crippen LogP contribution in [0.2, 0.25) is 0 Å². The standard InChI is InChI=1S/C12H15NO/c1-4-5-11-13-10-7-6-8(2)9(3)12(10)14-11/h6-7H,4-5H2,1-3H3. The quantitative estimate of drug-likeness (QED) is 0.723. The van der Waals surface area contributed by atoms with Crippen molar-refractivity contribution in [3.63, 3.8) is 0 Å². The molecule has 2 nitrogen and oxygen atoms in total. The third-order valence-electron chi connectivity index (χ3n) is 2.58. The molecule has 2 rings (SSSR count). The summed E-state index contributed by atoms with van der Waals surface area (Å²) < 4.78 is 5.71. The number of benzene rings is 1. The van der Waals surface area contributed by atoms with Gasteiger partial charge in [0.2, 0.25) is 0 Å². The zero-order valence-electron chi connectivity index (χ0n) is 8.92. The van der Waals surface area contributed by atoms with Crippen molar-refractivity contribution in [3.05, 3.63) is 29.2 Å². The Bertz CT molecular complexity index is 457. The molecular weight excluding hydrogens is 174 g/mol. The fourth-order valence-corrected chi connectivity index (χ4v) is 1.59. The van der Waals surface area contributed by atoms with Crippen molar-refractivity contribution in [3.8, 4) is 0 Å². The van der Waals surface area contributed by atoms with Crippen LogP contribution in [0.1, 0.15) is 30.4 Å². The van der Waals surface area contributed by atoms with Crippen molar-refractivity contribution in [1.29, 1.82) is 0 Å². The first-order chi connectivity index (χ1) is 6.72. The number of hydrogen-bond acceptors (Lipinski definition) is 2. The molecule has 0 spiro atoms. The van der Waals surface area contributed by atoms with Crippen LogP contribution in [0.4, 0.5) is 0 Å². The van der Waals surface area contributed by atoms with E-state index >= 15 is 0 Å². The Kier molecular flexibility index (Phi) is 2.28. The molecule has 0 unspecified atom stereocenters. The van der Waals surface area contributed by atoms with E-state index in [0.29, 0.717) is 0 Å². The Morgan fingerprint density at radius 2 is 2.07 bits per heavy atom. The molecule has 0 aliphatic heterocycles. The largest absolute Gasteiger partial charge is 0.440 e. The molecule has 0 atom stereocenters. The van der Waals surface area contributed by atoms with Gasteiger partial charge in [-0.2, -0.15) is 0 Å². The van der Waals surface area contributed by atoms with Gasteiger partial charge in [0.25, 0.3) is 0 Å². The van der Waals surface area contributed by atoms with Gasteiger partial charge >= 0.3 is 0 Å². The topological polar surface area (TPSA) is 26.0 Å². The van der Waals surface area contributed by atoms with E-state index < -0.39 is 0 Å². The number of hydrogen-bond donors (Lipinski definition) is 0. The number of aryl methyl sites for hydroxylation is 3. The number of rotatable bonds is 2. The highest BCUT2D eigenvalue weighted by atomic mass is 16.3. The number of oxazole rings is 1. The van der Waals surface area contributed by atoms with Crippen LogP contribution in [0.5, 0.6) is 0 Å². The van der Waals surface area contributed by atoms with Gasteiger partial charge in [-0.15, -0.1) is 0 Å². The van der Waals surface area contributed by atoms with Crippen LogP contribution >= 0.6 is 0 Å². The highest BCUT2D eigenvalue weighted by molar-refractivity contribution is 5.77. The van der Waals surface area contributed by atoms with E-state index in [1.807, 2.05) is 6.07 Å². The van der Waals surface area contributed by atoms with E-state index in [1.165, 1.54) is 11.1 Å². The smallest absolute Gasteiger partial charge is 0.195 e. The minimum Gasteiger partial charge on any atom is -0.440 e. The Morgan fingerprint density at radius 3 is 2.79 bits per heavy atom. The summed E-state index contributed by atoms with van der Waals surface area (Å²) in [5.41, 5.74) is 4.40. The second-order valence-electron chi connectivity index (χ2n) is 3.71. The first-order valence-corrected chi connectivity index (χ1v) is 5.08. The van der Waals surface area contributed by atoms with Gasteiger partial charge < -0.3 is 4.42 Å². The zero-order valence-corrected chi connectivity index (χ0v) is 8.92. The Labute approximate surface area is 84.0 Å². The van der Waals surface area contributed by atoms with Gasteiger partial charge in [0.05, 0.1) is 0 Å². The summed E-state index contributed by atoms with van der Waals surface area (Å²) in [5, 5.41) is 0. The molecule has 0 saturated heterocycles. The molecule has 0 amide bonds. The predicted molar refractivity (Wildman–Crippen MR) is 57.5 cm³/mol. The maximum Gasteiger partial charge on any atom is 0.195 e. The molecule has 0 fully saturated rings. The second-order valence-corrected chi connectivity index (χ2v) is 3.71. The molecule has 14 heavy (non-hydrogen) atoms. The molecule has 2 aromatic rings. The van der Waals surface area contributed by atoms with E-state index in [1.54, 1.807) is 0 Å². The van der Waals surface area contributed by atoms with Gasteiger partial charge in [-0.25, -0.2) is 4.98 Å². The summed E-state index contributed by atoms with van der Waals surface area (Å²) in [5.74, 6) is 0.858.